The number of carbonyl (C=O) groups is 2. The van der Waals surface area contributed by atoms with Gasteiger partial charge in [-0.2, -0.15) is 0 Å². The summed E-state index contributed by atoms with van der Waals surface area (Å²) in [6, 6.07) is 11.6. The van der Waals surface area contributed by atoms with Crippen LogP contribution in [0.4, 0.5) is 0 Å². The first-order chi connectivity index (χ1) is 13.3. The summed E-state index contributed by atoms with van der Waals surface area (Å²) < 4.78 is 16.1. The maximum atomic E-state index is 13.1. The average molecular weight is 401 g/mol. The second-order valence-corrected chi connectivity index (χ2v) is 6.66. The Morgan fingerprint density at radius 3 is 2.39 bits per heavy atom. The van der Waals surface area contributed by atoms with Gasteiger partial charge in [0.25, 0.3) is 6.10 Å². The van der Waals surface area contributed by atoms with E-state index in [9.17, 15) is 14.4 Å². The number of carbonyl (C=O) groups excluding carboxylic acids is 2. The highest BCUT2D eigenvalue weighted by molar-refractivity contribution is 6.30. The Morgan fingerprint density at radius 1 is 1.11 bits per heavy atom. The second kappa shape index (κ2) is 7.86. The number of hydrogen-bond acceptors (Lipinski definition) is 6. The topological polar surface area (TPSA) is 82.8 Å². The highest BCUT2D eigenvalue weighted by atomic mass is 35.5. The molecule has 3 aromatic rings. The van der Waals surface area contributed by atoms with Crippen LogP contribution >= 0.6 is 11.6 Å². The first-order valence-electron chi connectivity index (χ1n) is 8.40. The number of hydrogen-bond donors (Lipinski definition) is 0. The van der Waals surface area contributed by atoms with Crippen LogP contribution in [0.2, 0.25) is 5.02 Å². The molecule has 2 aromatic carbocycles. The molecule has 0 N–H and O–H groups in total. The summed E-state index contributed by atoms with van der Waals surface area (Å²) in [6.07, 6.45) is -1.58. The highest BCUT2D eigenvalue weighted by Gasteiger charge is 2.30. The molecule has 1 heterocycles. The van der Waals surface area contributed by atoms with E-state index < -0.39 is 23.3 Å². The van der Waals surface area contributed by atoms with E-state index in [4.69, 9.17) is 20.8 Å². The van der Waals surface area contributed by atoms with Gasteiger partial charge in [-0.25, -0.2) is 4.79 Å². The van der Waals surface area contributed by atoms with Crippen LogP contribution in [0, 0.1) is 6.92 Å². The number of esters is 1. The fourth-order valence-electron chi connectivity index (χ4n) is 2.70. The Hall–Kier alpha value is -3.12. The lowest BCUT2D eigenvalue weighted by Gasteiger charge is -2.16. The molecular formula is C21H17ClO6. The third-order valence-electron chi connectivity index (χ3n) is 4.13. The van der Waals surface area contributed by atoms with Crippen LogP contribution in [0.1, 0.15) is 12.5 Å². The van der Waals surface area contributed by atoms with Gasteiger partial charge < -0.3 is 13.9 Å². The van der Waals surface area contributed by atoms with Gasteiger partial charge in [0.05, 0.1) is 12.5 Å². The molecule has 0 fully saturated rings. The zero-order chi connectivity index (χ0) is 20.4. The number of halogens is 1. The number of Topliss-reactive ketones (excluding diaryl/α,β-unsaturated/α-hetero) is 1. The summed E-state index contributed by atoms with van der Waals surface area (Å²) in [5.41, 5.74) is 1.27. The van der Waals surface area contributed by atoms with Crippen molar-refractivity contribution < 1.29 is 23.5 Å². The Kier molecular flexibility index (Phi) is 5.51. The quantitative estimate of drug-likeness (QED) is 0.476. The van der Waals surface area contributed by atoms with Gasteiger partial charge in [0, 0.05) is 10.6 Å². The first-order valence-corrected chi connectivity index (χ1v) is 8.78. The number of benzene rings is 2. The lowest BCUT2D eigenvalue weighted by Crippen LogP contribution is -2.36. The van der Waals surface area contributed by atoms with Crippen molar-refractivity contribution in [2.24, 2.45) is 0 Å². The third-order valence-corrected chi connectivity index (χ3v) is 4.38. The van der Waals surface area contributed by atoms with Gasteiger partial charge in [-0.05, 0) is 55.8 Å². The minimum Gasteiger partial charge on any atom is -0.466 e. The molecule has 28 heavy (non-hydrogen) atoms. The summed E-state index contributed by atoms with van der Waals surface area (Å²) in [5.74, 6) is -1.66. The van der Waals surface area contributed by atoms with E-state index in [1.807, 2.05) is 6.92 Å². The SMILES string of the molecule is COC(=O)C(Oc1c(-c2ccc(Cl)cc2)oc2cc(C)ccc2c1=O)C(C)=O. The Bertz CT molecular complexity index is 1110. The molecule has 0 aliphatic carbocycles. The van der Waals surface area contributed by atoms with Crippen molar-refractivity contribution in [2.75, 3.05) is 7.11 Å². The number of fused-ring (bicyclic) bond motifs is 1. The Balaban J connectivity index is 2.27. The number of methoxy groups -OCH3 is 1. The molecule has 1 atom stereocenters. The van der Waals surface area contributed by atoms with E-state index in [1.54, 1.807) is 42.5 Å². The molecule has 0 bridgehead atoms. The monoisotopic (exact) mass is 400 g/mol. The maximum absolute atomic E-state index is 13.1. The Morgan fingerprint density at radius 2 is 1.79 bits per heavy atom. The van der Waals surface area contributed by atoms with E-state index in [-0.39, 0.29) is 16.9 Å². The molecule has 0 spiro atoms. The van der Waals surface area contributed by atoms with Gasteiger partial charge in [-0.15, -0.1) is 0 Å². The second-order valence-electron chi connectivity index (χ2n) is 6.23. The normalized spacial score (nSPS) is 11.9. The lowest BCUT2D eigenvalue weighted by molar-refractivity contribution is -0.152. The largest absolute Gasteiger partial charge is 0.466 e. The van der Waals surface area contributed by atoms with E-state index >= 15 is 0 Å². The van der Waals surface area contributed by atoms with Crippen molar-refractivity contribution in [2.45, 2.75) is 20.0 Å². The molecule has 0 aliphatic heterocycles. The van der Waals surface area contributed by atoms with Crippen LogP contribution < -0.4 is 10.2 Å². The number of ether oxygens (including phenoxy) is 2. The predicted octanol–water partition coefficient (Wildman–Crippen LogP) is 3.93. The molecule has 144 valence electrons. The van der Waals surface area contributed by atoms with Crippen LogP contribution in [-0.2, 0) is 14.3 Å². The summed E-state index contributed by atoms with van der Waals surface area (Å²) in [6.45, 7) is 3.05. The molecule has 0 amide bonds. The molecule has 3 rings (SSSR count). The smallest absolute Gasteiger partial charge is 0.354 e. The van der Waals surface area contributed by atoms with Gasteiger partial charge in [-0.3, -0.25) is 9.59 Å². The molecule has 0 saturated carbocycles. The first kappa shape index (κ1) is 19.6. The Labute approximate surface area is 165 Å². The number of rotatable bonds is 5. The molecule has 1 unspecified atom stereocenters. The van der Waals surface area contributed by atoms with Crippen LogP contribution in [-0.4, -0.2) is 25.0 Å². The molecule has 0 saturated heterocycles. The number of aryl methyl sites for hydroxylation is 1. The average Bonchev–Trinajstić information content (AvgIpc) is 2.66. The van der Waals surface area contributed by atoms with Crippen molar-refractivity contribution >= 4 is 34.3 Å². The van der Waals surface area contributed by atoms with Gasteiger partial charge in [0.2, 0.25) is 11.2 Å². The number of ketones is 1. The van der Waals surface area contributed by atoms with E-state index in [2.05, 4.69) is 4.74 Å². The van der Waals surface area contributed by atoms with Crippen LogP contribution in [0.15, 0.2) is 51.7 Å². The molecule has 0 aliphatic rings. The summed E-state index contributed by atoms with van der Waals surface area (Å²) in [7, 11) is 1.13. The highest BCUT2D eigenvalue weighted by Crippen LogP contribution is 2.32. The summed E-state index contributed by atoms with van der Waals surface area (Å²) >= 11 is 5.94. The standard InChI is InChI=1S/C21H17ClO6/c1-11-4-9-15-16(10-11)27-19(13-5-7-14(22)8-6-13)20(17(15)24)28-18(12(2)23)21(25)26-3/h4-10,18H,1-3H3. The van der Waals surface area contributed by atoms with E-state index in [0.29, 0.717) is 16.2 Å². The predicted molar refractivity (Wildman–Crippen MR) is 105 cm³/mol. The molecule has 6 nitrogen and oxygen atoms in total. The fraction of sp³-hybridized carbons (Fsp3) is 0.190. The van der Waals surface area contributed by atoms with Crippen LogP contribution in [0.3, 0.4) is 0 Å². The fourth-order valence-corrected chi connectivity index (χ4v) is 2.83. The maximum Gasteiger partial charge on any atom is 0.354 e. The zero-order valence-electron chi connectivity index (χ0n) is 15.4. The van der Waals surface area contributed by atoms with Crippen molar-refractivity contribution in [3.8, 4) is 17.1 Å². The summed E-state index contributed by atoms with van der Waals surface area (Å²) in [5, 5.41) is 0.770. The van der Waals surface area contributed by atoms with Gasteiger partial charge in [0.15, 0.2) is 11.5 Å². The summed E-state index contributed by atoms with van der Waals surface area (Å²) in [4.78, 5) is 36.9. The minimum absolute atomic E-state index is 0.0925. The zero-order valence-corrected chi connectivity index (χ0v) is 16.2. The molecule has 7 heteroatoms. The van der Waals surface area contributed by atoms with Crippen LogP contribution in [0.5, 0.6) is 5.75 Å². The van der Waals surface area contributed by atoms with Crippen molar-refractivity contribution in [3.05, 3.63) is 63.3 Å². The van der Waals surface area contributed by atoms with Crippen molar-refractivity contribution in [1.29, 1.82) is 0 Å². The van der Waals surface area contributed by atoms with E-state index in [0.717, 1.165) is 12.7 Å². The van der Waals surface area contributed by atoms with E-state index in [1.165, 1.54) is 6.92 Å². The lowest BCUT2D eigenvalue weighted by atomic mass is 10.1. The van der Waals surface area contributed by atoms with Gasteiger partial charge in [0.1, 0.15) is 5.58 Å². The third kappa shape index (κ3) is 3.77. The molecule has 0 radical (unpaired) electrons. The van der Waals surface area contributed by atoms with Crippen LogP contribution in [0.25, 0.3) is 22.3 Å². The minimum atomic E-state index is -1.58. The van der Waals surface area contributed by atoms with Crippen molar-refractivity contribution in [1.82, 2.24) is 0 Å². The molecular weight excluding hydrogens is 384 g/mol. The van der Waals surface area contributed by atoms with Gasteiger partial charge in [-0.1, -0.05) is 17.7 Å². The van der Waals surface area contributed by atoms with Gasteiger partial charge >= 0.3 is 5.97 Å². The van der Waals surface area contributed by atoms with Crippen molar-refractivity contribution in [3.63, 3.8) is 0 Å². The molecule has 1 aromatic heterocycles.